The number of ether oxygens (including phenoxy) is 1. The highest BCUT2D eigenvalue weighted by atomic mass is 32.2. The van der Waals surface area contributed by atoms with Gasteiger partial charge in [0, 0.05) is 6.04 Å². The third-order valence-corrected chi connectivity index (χ3v) is 7.74. The molecule has 2 heterocycles. The van der Waals surface area contributed by atoms with Crippen LogP contribution in [0.1, 0.15) is 24.0 Å². The highest BCUT2D eigenvalue weighted by Gasteiger charge is 2.38. The minimum atomic E-state index is -3.85. The van der Waals surface area contributed by atoms with E-state index >= 15 is 0 Å². The molecule has 7 nitrogen and oxygen atoms in total. The van der Waals surface area contributed by atoms with Crippen molar-refractivity contribution in [1.82, 2.24) is 10.2 Å². The number of hydrogen-bond donors (Lipinski definition) is 1. The summed E-state index contributed by atoms with van der Waals surface area (Å²) in [5.41, 5.74) is 2.36. The molecule has 1 atom stereocenters. The van der Waals surface area contributed by atoms with Crippen molar-refractivity contribution in [3.63, 3.8) is 0 Å². The van der Waals surface area contributed by atoms with Crippen LogP contribution in [0.5, 0.6) is 5.75 Å². The van der Waals surface area contributed by atoms with Gasteiger partial charge in [-0.2, -0.15) is 0 Å². The van der Waals surface area contributed by atoms with E-state index < -0.39 is 16.1 Å². The number of rotatable bonds is 4. The molecule has 2 aliphatic heterocycles. The highest BCUT2D eigenvalue weighted by molar-refractivity contribution is 7.92. The van der Waals surface area contributed by atoms with E-state index in [1.54, 1.807) is 36.4 Å². The van der Waals surface area contributed by atoms with Crippen LogP contribution < -0.4 is 14.4 Å². The zero-order chi connectivity index (χ0) is 22.2. The summed E-state index contributed by atoms with van der Waals surface area (Å²) in [6.45, 7) is 5.59. The molecule has 0 aliphatic carbocycles. The maximum absolute atomic E-state index is 13.5. The van der Waals surface area contributed by atoms with Gasteiger partial charge in [0.05, 0.1) is 17.1 Å². The molecule has 1 N–H and O–H groups in total. The molecular formula is C23H29N3O4S. The maximum Gasteiger partial charge on any atom is 0.264 e. The summed E-state index contributed by atoms with van der Waals surface area (Å²) in [6.07, 6.45) is 0.835. The number of hydrogen-bond acceptors (Lipinski definition) is 5. The second-order valence-corrected chi connectivity index (χ2v) is 10.4. The number of amides is 1. The Hall–Kier alpha value is -2.58. The normalized spacial score (nSPS) is 20.1. The predicted molar refractivity (Wildman–Crippen MR) is 120 cm³/mol. The molecule has 0 bridgehead atoms. The van der Waals surface area contributed by atoms with Crippen LogP contribution in [0.3, 0.4) is 0 Å². The largest absolute Gasteiger partial charge is 0.476 e. The van der Waals surface area contributed by atoms with Crippen molar-refractivity contribution in [2.75, 3.05) is 31.0 Å². The summed E-state index contributed by atoms with van der Waals surface area (Å²) in [5, 5.41) is 3.06. The van der Waals surface area contributed by atoms with E-state index in [-0.39, 0.29) is 23.4 Å². The van der Waals surface area contributed by atoms with Gasteiger partial charge in [0.2, 0.25) is 0 Å². The topological polar surface area (TPSA) is 79.0 Å². The number of nitrogens with one attached hydrogen (secondary N) is 1. The van der Waals surface area contributed by atoms with Crippen LogP contribution in [0.2, 0.25) is 0 Å². The van der Waals surface area contributed by atoms with Crippen LogP contribution in [0.25, 0.3) is 0 Å². The number of nitrogens with zero attached hydrogens (tertiary/aromatic N) is 2. The number of carbonyl (C=O) groups excluding carboxylic acids is 1. The van der Waals surface area contributed by atoms with Crippen LogP contribution in [0, 0.1) is 13.8 Å². The number of benzene rings is 2. The van der Waals surface area contributed by atoms with Crippen LogP contribution in [0.4, 0.5) is 5.69 Å². The molecule has 1 amide bonds. The fourth-order valence-corrected chi connectivity index (χ4v) is 5.48. The molecule has 0 radical (unpaired) electrons. The number of likely N-dealkylation sites (tertiary alicyclic amines) is 1. The first-order valence-corrected chi connectivity index (χ1v) is 12.0. The minimum absolute atomic E-state index is 0.0644. The summed E-state index contributed by atoms with van der Waals surface area (Å²) in [5.74, 6) is 0.126. The van der Waals surface area contributed by atoms with Gasteiger partial charge in [0.15, 0.2) is 6.10 Å². The standard InChI is InChI=1S/C23H29N3O4S/c1-16-4-7-19(8-5-16)31(28,29)26-15-22(30-21-9-6-17(2)14-20(21)26)23(27)24-18-10-12-25(3)13-11-18/h4-9,14,18,22H,10-13,15H2,1-3H3,(H,24,27)/t22-/m1/s1. The Kier molecular flexibility index (Phi) is 5.94. The lowest BCUT2D eigenvalue weighted by Gasteiger charge is -2.36. The van der Waals surface area contributed by atoms with E-state index in [0.29, 0.717) is 11.4 Å². The van der Waals surface area contributed by atoms with Crippen molar-refractivity contribution in [3.05, 3.63) is 53.6 Å². The Morgan fingerprint density at radius 3 is 2.35 bits per heavy atom. The Bertz CT molecular complexity index is 1060. The van der Waals surface area contributed by atoms with Gasteiger partial charge in [0.1, 0.15) is 5.75 Å². The number of fused-ring (bicyclic) bond motifs is 1. The first-order valence-electron chi connectivity index (χ1n) is 10.6. The Morgan fingerprint density at radius 1 is 1.03 bits per heavy atom. The monoisotopic (exact) mass is 443 g/mol. The molecule has 31 heavy (non-hydrogen) atoms. The zero-order valence-corrected chi connectivity index (χ0v) is 19.0. The zero-order valence-electron chi connectivity index (χ0n) is 18.2. The lowest BCUT2D eigenvalue weighted by atomic mass is 10.1. The van der Waals surface area contributed by atoms with Gasteiger partial charge in [-0.25, -0.2) is 8.42 Å². The van der Waals surface area contributed by atoms with Crippen LogP contribution in [-0.2, 0) is 14.8 Å². The first-order chi connectivity index (χ1) is 14.7. The van der Waals surface area contributed by atoms with Crippen LogP contribution in [0.15, 0.2) is 47.4 Å². The third-order valence-electron chi connectivity index (χ3n) is 5.95. The van der Waals surface area contributed by atoms with Crippen molar-refractivity contribution >= 4 is 21.6 Å². The van der Waals surface area contributed by atoms with E-state index in [2.05, 4.69) is 17.3 Å². The molecule has 2 aromatic carbocycles. The maximum atomic E-state index is 13.5. The second kappa shape index (κ2) is 8.51. The fourth-order valence-electron chi connectivity index (χ4n) is 4.01. The van der Waals surface area contributed by atoms with Crippen LogP contribution >= 0.6 is 0 Å². The quantitative estimate of drug-likeness (QED) is 0.785. The van der Waals surface area contributed by atoms with Gasteiger partial charge in [-0.05, 0) is 76.7 Å². The molecule has 2 aromatic rings. The molecule has 0 spiro atoms. The van der Waals surface area contributed by atoms with Crippen LogP contribution in [-0.4, -0.2) is 58.1 Å². The molecule has 2 aliphatic rings. The predicted octanol–water partition coefficient (Wildman–Crippen LogP) is 2.47. The number of carbonyl (C=O) groups is 1. The summed E-state index contributed by atoms with van der Waals surface area (Å²) in [6, 6.07) is 12.2. The second-order valence-electron chi connectivity index (χ2n) is 8.51. The molecule has 1 saturated heterocycles. The van der Waals surface area contributed by atoms with Gasteiger partial charge in [-0.1, -0.05) is 23.8 Å². The van der Waals surface area contributed by atoms with Gasteiger partial charge in [0.25, 0.3) is 15.9 Å². The van der Waals surface area contributed by atoms with Crippen molar-refractivity contribution in [2.45, 2.75) is 43.7 Å². The SMILES string of the molecule is Cc1ccc(S(=O)(=O)N2C[C@H](C(=O)NC3CCN(C)CC3)Oc3ccc(C)cc32)cc1. The average molecular weight is 444 g/mol. The van der Waals surface area contributed by atoms with E-state index in [9.17, 15) is 13.2 Å². The summed E-state index contributed by atoms with van der Waals surface area (Å²) >= 11 is 0. The molecule has 1 fully saturated rings. The van der Waals surface area contributed by atoms with E-state index in [0.717, 1.165) is 37.1 Å². The molecule has 0 saturated carbocycles. The first kappa shape index (κ1) is 21.6. The minimum Gasteiger partial charge on any atom is -0.476 e. The van der Waals surface area contributed by atoms with Gasteiger partial charge in [-0.3, -0.25) is 9.10 Å². The smallest absolute Gasteiger partial charge is 0.264 e. The summed E-state index contributed by atoms with van der Waals surface area (Å²) in [7, 11) is -1.78. The van der Waals surface area contributed by atoms with Crippen molar-refractivity contribution in [3.8, 4) is 5.75 Å². The van der Waals surface area contributed by atoms with Crippen molar-refractivity contribution < 1.29 is 17.9 Å². The summed E-state index contributed by atoms with van der Waals surface area (Å²) in [4.78, 5) is 15.4. The summed E-state index contributed by atoms with van der Waals surface area (Å²) < 4.78 is 34.3. The van der Waals surface area contributed by atoms with E-state index in [1.807, 2.05) is 19.9 Å². The number of piperidine rings is 1. The lowest BCUT2D eigenvalue weighted by Crippen LogP contribution is -2.53. The van der Waals surface area contributed by atoms with E-state index in [1.165, 1.54) is 4.31 Å². The fraction of sp³-hybridized carbons (Fsp3) is 0.435. The molecule has 166 valence electrons. The molecule has 0 aromatic heterocycles. The highest BCUT2D eigenvalue weighted by Crippen LogP contribution is 2.37. The third kappa shape index (κ3) is 4.55. The Morgan fingerprint density at radius 2 is 1.68 bits per heavy atom. The number of anilines is 1. The molecule has 0 unspecified atom stereocenters. The molecular weight excluding hydrogens is 414 g/mol. The van der Waals surface area contributed by atoms with Gasteiger partial charge in [-0.15, -0.1) is 0 Å². The number of aryl methyl sites for hydroxylation is 2. The van der Waals surface area contributed by atoms with Gasteiger partial charge >= 0.3 is 0 Å². The number of sulfonamides is 1. The lowest BCUT2D eigenvalue weighted by molar-refractivity contribution is -0.128. The van der Waals surface area contributed by atoms with E-state index in [4.69, 9.17) is 4.74 Å². The Balaban J connectivity index is 1.62. The Labute approximate surface area is 184 Å². The molecule has 8 heteroatoms. The average Bonchev–Trinajstić information content (AvgIpc) is 2.74. The van der Waals surface area contributed by atoms with Crippen molar-refractivity contribution in [1.29, 1.82) is 0 Å². The van der Waals surface area contributed by atoms with Gasteiger partial charge < -0.3 is 15.0 Å². The van der Waals surface area contributed by atoms with Crippen molar-refractivity contribution in [2.24, 2.45) is 0 Å². The molecule has 4 rings (SSSR count).